The third-order valence-electron chi connectivity index (χ3n) is 2.47. The maximum absolute atomic E-state index is 13.0. The van der Waals surface area contributed by atoms with E-state index in [1.165, 1.54) is 0 Å². The van der Waals surface area contributed by atoms with Crippen LogP contribution >= 0.6 is 0 Å². The first-order valence-electron chi connectivity index (χ1n) is 5.62. The second-order valence-corrected chi connectivity index (χ2v) is 3.89. The van der Waals surface area contributed by atoms with Gasteiger partial charge in [-0.15, -0.1) is 0 Å². The normalized spacial score (nSPS) is 9.80. The number of aromatic carboxylic acids is 1. The van der Waals surface area contributed by atoms with Crippen LogP contribution in [-0.2, 0) is 6.42 Å². The molecular weight excluding hydrogens is 263 g/mol. The van der Waals surface area contributed by atoms with Gasteiger partial charge >= 0.3 is 5.97 Å². The van der Waals surface area contributed by atoms with Gasteiger partial charge in [0.05, 0.1) is 18.7 Å². The number of nitriles is 1. The molecule has 1 aromatic heterocycles. The SMILES string of the molecule is N#CCc1ccc(Oc2ncc(F)cc2C(=O)O)cc1. The molecule has 5 nitrogen and oxygen atoms in total. The van der Waals surface area contributed by atoms with E-state index in [4.69, 9.17) is 15.1 Å². The minimum absolute atomic E-state index is 0.188. The van der Waals surface area contributed by atoms with Crippen molar-refractivity contribution in [3.05, 3.63) is 53.5 Å². The second-order valence-electron chi connectivity index (χ2n) is 3.89. The number of rotatable bonds is 4. The Balaban J connectivity index is 2.26. The van der Waals surface area contributed by atoms with Crippen LogP contribution in [0, 0.1) is 17.1 Å². The number of nitrogens with zero attached hydrogens (tertiary/aromatic N) is 2. The van der Waals surface area contributed by atoms with Crippen LogP contribution in [0.2, 0.25) is 0 Å². The summed E-state index contributed by atoms with van der Waals surface area (Å²) >= 11 is 0. The fourth-order valence-corrected chi connectivity index (χ4v) is 1.54. The molecule has 0 aliphatic heterocycles. The van der Waals surface area contributed by atoms with Gasteiger partial charge in [0, 0.05) is 0 Å². The zero-order valence-corrected chi connectivity index (χ0v) is 10.2. The molecule has 0 amide bonds. The smallest absolute Gasteiger partial charge is 0.341 e. The van der Waals surface area contributed by atoms with Crippen LogP contribution < -0.4 is 4.74 Å². The van der Waals surface area contributed by atoms with E-state index in [-0.39, 0.29) is 17.9 Å². The summed E-state index contributed by atoms with van der Waals surface area (Å²) in [5.74, 6) is -1.91. The molecule has 0 unspecified atom stereocenters. The average Bonchev–Trinajstić information content (AvgIpc) is 2.43. The van der Waals surface area contributed by atoms with Crippen LogP contribution in [0.4, 0.5) is 4.39 Å². The van der Waals surface area contributed by atoms with Gasteiger partial charge in [-0.2, -0.15) is 5.26 Å². The molecule has 0 radical (unpaired) electrons. The molecule has 2 aromatic rings. The number of benzene rings is 1. The summed E-state index contributed by atoms with van der Waals surface area (Å²) in [6, 6.07) is 9.39. The lowest BCUT2D eigenvalue weighted by atomic mass is 10.2. The summed E-state index contributed by atoms with van der Waals surface area (Å²) in [5, 5.41) is 17.5. The van der Waals surface area contributed by atoms with E-state index >= 15 is 0 Å². The van der Waals surface area contributed by atoms with Gasteiger partial charge < -0.3 is 9.84 Å². The number of hydrogen-bond donors (Lipinski definition) is 1. The van der Waals surface area contributed by atoms with Crippen LogP contribution in [0.25, 0.3) is 0 Å². The molecule has 2 rings (SSSR count). The maximum atomic E-state index is 13.0. The molecule has 0 saturated carbocycles. The molecule has 0 bridgehead atoms. The number of ether oxygens (including phenoxy) is 1. The summed E-state index contributed by atoms with van der Waals surface area (Å²) < 4.78 is 18.3. The molecule has 20 heavy (non-hydrogen) atoms. The van der Waals surface area contributed by atoms with E-state index in [1.54, 1.807) is 24.3 Å². The minimum Gasteiger partial charge on any atom is -0.477 e. The van der Waals surface area contributed by atoms with E-state index in [0.29, 0.717) is 5.75 Å². The Morgan fingerprint density at radius 1 is 1.40 bits per heavy atom. The van der Waals surface area contributed by atoms with Gasteiger partial charge in [0.15, 0.2) is 0 Å². The van der Waals surface area contributed by atoms with Crippen LogP contribution in [0.15, 0.2) is 36.5 Å². The van der Waals surface area contributed by atoms with Crippen molar-refractivity contribution in [2.75, 3.05) is 0 Å². The zero-order valence-electron chi connectivity index (χ0n) is 10.2. The largest absolute Gasteiger partial charge is 0.477 e. The summed E-state index contributed by atoms with van der Waals surface area (Å²) in [5.41, 5.74) is 0.455. The Hall–Kier alpha value is -2.94. The molecule has 1 heterocycles. The number of halogens is 1. The third kappa shape index (κ3) is 3.09. The lowest BCUT2D eigenvalue weighted by Gasteiger charge is -2.07. The number of carboxylic acids is 1. The quantitative estimate of drug-likeness (QED) is 0.925. The summed E-state index contributed by atoms with van der Waals surface area (Å²) in [7, 11) is 0. The van der Waals surface area contributed by atoms with Gasteiger partial charge in [-0.3, -0.25) is 0 Å². The van der Waals surface area contributed by atoms with Gasteiger partial charge in [0.1, 0.15) is 17.1 Å². The predicted molar refractivity (Wildman–Crippen MR) is 67.0 cm³/mol. The Bertz CT molecular complexity index is 678. The van der Waals surface area contributed by atoms with Gasteiger partial charge in [-0.1, -0.05) is 12.1 Å². The van der Waals surface area contributed by atoms with Gasteiger partial charge in [0.25, 0.3) is 0 Å². The summed E-state index contributed by atoms with van der Waals surface area (Å²) in [6.07, 6.45) is 1.15. The maximum Gasteiger partial charge on any atom is 0.341 e. The molecular formula is C14H9FN2O3. The molecule has 0 aliphatic rings. The molecule has 6 heteroatoms. The molecule has 100 valence electrons. The Morgan fingerprint density at radius 3 is 2.70 bits per heavy atom. The van der Waals surface area contributed by atoms with Gasteiger partial charge in [-0.05, 0) is 23.8 Å². The highest BCUT2D eigenvalue weighted by Gasteiger charge is 2.15. The Morgan fingerprint density at radius 2 is 2.10 bits per heavy atom. The topological polar surface area (TPSA) is 83.2 Å². The van der Waals surface area contributed by atoms with Crippen LogP contribution in [0.3, 0.4) is 0 Å². The highest BCUT2D eigenvalue weighted by atomic mass is 19.1. The van der Waals surface area contributed by atoms with Crippen molar-refractivity contribution in [1.82, 2.24) is 4.98 Å². The van der Waals surface area contributed by atoms with E-state index in [9.17, 15) is 9.18 Å². The Labute approximate surface area is 113 Å². The summed E-state index contributed by atoms with van der Waals surface area (Å²) in [4.78, 5) is 14.6. The fraction of sp³-hybridized carbons (Fsp3) is 0.0714. The number of carbonyl (C=O) groups is 1. The molecule has 0 spiro atoms. The molecule has 0 aliphatic carbocycles. The monoisotopic (exact) mass is 272 g/mol. The number of hydrogen-bond acceptors (Lipinski definition) is 4. The van der Waals surface area contributed by atoms with Crippen molar-refractivity contribution in [3.8, 4) is 17.7 Å². The highest BCUT2D eigenvalue weighted by molar-refractivity contribution is 5.90. The third-order valence-corrected chi connectivity index (χ3v) is 2.47. The molecule has 0 saturated heterocycles. The van der Waals surface area contributed by atoms with E-state index in [1.807, 2.05) is 6.07 Å². The molecule has 0 fully saturated rings. The van der Waals surface area contributed by atoms with Crippen molar-refractivity contribution in [2.24, 2.45) is 0 Å². The highest BCUT2D eigenvalue weighted by Crippen LogP contribution is 2.24. The van der Waals surface area contributed by atoms with E-state index in [2.05, 4.69) is 4.98 Å². The number of aromatic nitrogens is 1. The fourth-order valence-electron chi connectivity index (χ4n) is 1.54. The molecule has 0 atom stereocenters. The van der Waals surface area contributed by atoms with Crippen molar-refractivity contribution >= 4 is 5.97 Å². The number of carboxylic acid groups (broad SMARTS) is 1. The molecule has 1 aromatic carbocycles. The van der Waals surface area contributed by atoms with Crippen LogP contribution in [-0.4, -0.2) is 16.1 Å². The van der Waals surface area contributed by atoms with Crippen LogP contribution in [0.1, 0.15) is 15.9 Å². The first-order chi connectivity index (χ1) is 9.60. The zero-order chi connectivity index (χ0) is 14.5. The van der Waals surface area contributed by atoms with E-state index in [0.717, 1.165) is 17.8 Å². The van der Waals surface area contributed by atoms with Crippen molar-refractivity contribution < 1.29 is 19.0 Å². The lowest BCUT2D eigenvalue weighted by molar-refractivity contribution is 0.0692. The summed E-state index contributed by atoms with van der Waals surface area (Å²) in [6.45, 7) is 0. The Kier molecular flexibility index (Phi) is 3.91. The second kappa shape index (κ2) is 5.80. The standard InChI is InChI=1S/C14H9FN2O3/c15-10-7-12(14(18)19)13(17-8-10)20-11-3-1-9(2-4-11)5-6-16/h1-4,7-8H,5H2,(H,18,19). The first kappa shape index (κ1) is 13.5. The van der Waals surface area contributed by atoms with Gasteiger partial charge in [-0.25, -0.2) is 14.2 Å². The van der Waals surface area contributed by atoms with Crippen molar-refractivity contribution in [1.29, 1.82) is 5.26 Å². The van der Waals surface area contributed by atoms with Crippen molar-refractivity contribution in [2.45, 2.75) is 6.42 Å². The van der Waals surface area contributed by atoms with Crippen molar-refractivity contribution in [3.63, 3.8) is 0 Å². The lowest BCUT2D eigenvalue weighted by Crippen LogP contribution is -2.03. The van der Waals surface area contributed by atoms with Crippen LogP contribution in [0.5, 0.6) is 11.6 Å². The molecule has 1 N–H and O–H groups in total. The number of pyridine rings is 1. The van der Waals surface area contributed by atoms with Gasteiger partial charge in [0.2, 0.25) is 5.88 Å². The van der Waals surface area contributed by atoms with E-state index < -0.39 is 11.8 Å². The first-order valence-corrected chi connectivity index (χ1v) is 5.62. The average molecular weight is 272 g/mol. The minimum atomic E-state index is -1.33. The predicted octanol–water partition coefficient (Wildman–Crippen LogP) is 2.78.